The highest BCUT2D eigenvalue weighted by molar-refractivity contribution is 6.04. The summed E-state index contributed by atoms with van der Waals surface area (Å²) in [6.45, 7) is 6.76. The quantitative estimate of drug-likeness (QED) is 0.431. The van der Waals surface area contributed by atoms with E-state index in [0.29, 0.717) is 12.1 Å². The van der Waals surface area contributed by atoms with Crippen LogP contribution in [0.3, 0.4) is 0 Å². The lowest BCUT2D eigenvalue weighted by atomic mass is 10.1. The van der Waals surface area contributed by atoms with Crippen LogP contribution in [0.2, 0.25) is 0 Å². The van der Waals surface area contributed by atoms with Crippen molar-refractivity contribution in [3.63, 3.8) is 0 Å². The Balaban J connectivity index is 1.43. The summed E-state index contributed by atoms with van der Waals surface area (Å²) in [7, 11) is 0. The number of nitrogens with zero attached hydrogens (tertiary/aromatic N) is 2. The molecule has 0 saturated carbocycles. The average Bonchev–Trinajstić information content (AvgIpc) is 3.13. The molecule has 3 aromatic carbocycles. The van der Waals surface area contributed by atoms with Crippen LogP contribution in [0, 0.1) is 20.8 Å². The molecule has 4 rings (SSSR count). The zero-order chi connectivity index (χ0) is 21.8. The Labute approximate surface area is 182 Å². The van der Waals surface area contributed by atoms with Crippen molar-refractivity contribution in [3.8, 4) is 5.69 Å². The van der Waals surface area contributed by atoms with Gasteiger partial charge in [-0.3, -0.25) is 4.79 Å². The molecule has 2 N–H and O–H groups in total. The molecule has 1 heterocycles. The van der Waals surface area contributed by atoms with Gasteiger partial charge in [-0.05, 0) is 74.4 Å². The number of anilines is 2. The van der Waals surface area contributed by atoms with Crippen LogP contribution >= 0.6 is 0 Å². The number of rotatable bonds is 6. The molecular weight excluding hydrogens is 384 g/mol. The Kier molecular flexibility index (Phi) is 5.85. The standard InChI is InChI=1S/C26H26N4O/c1-18-16-19(2)30(29-18)23-14-12-21(13-15-23)17-27-24-10-7-11-25(20(24)3)28-26(31)22-8-5-4-6-9-22/h4-16,27H,17H2,1-3H3,(H,28,31). The Morgan fingerprint density at radius 3 is 2.26 bits per heavy atom. The van der Waals surface area contributed by atoms with Gasteiger partial charge in [0.1, 0.15) is 0 Å². The van der Waals surface area contributed by atoms with E-state index in [4.69, 9.17) is 0 Å². The van der Waals surface area contributed by atoms with Gasteiger partial charge in [0.05, 0.1) is 11.4 Å². The number of aromatic nitrogens is 2. The van der Waals surface area contributed by atoms with E-state index in [1.807, 2.05) is 67.1 Å². The predicted molar refractivity (Wildman–Crippen MR) is 126 cm³/mol. The van der Waals surface area contributed by atoms with Gasteiger partial charge in [0, 0.05) is 29.2 Å². The number of hydrogen-bond donors (Lipinski definition) is 2. The molecule has 0 aliphatic heterocycles. The molecule has 0 aliphatic rings. The first-order valence-electron chi connectivity index (χ1n) is 10.3. The average molecular weight is 411 g/mol. The maximum Gasteiger partial charge on any atom is 0.255 e. The van der Waals surface area contributed by atoms with Crippen molar-refractivity contribution in [1.29, 1.82) is 0 Å². The summed E-state index contributed by atoms with van der Waals surface area (Å²) >= 11 is 0. The second-order valence-electron chi connectivity index (χ2n) is 7.66. The number of amides is 1. The summed E-state index contributed by atoms with van der Waals surface area (Å²) in [6.07, 6.45) is 0. The van der Waals surface area contributed by atoms with Crippen LogP contribution in [0.25, 0.3) is 5.69 Å². The van der Waals surface area contributed by atoms with Crippen LogP contribution < -0.4 is 10.6 Å². The zero-order valence-electron chi connectivity index (χ0n) is 18.0. The first-order valence-corrected chi connectivity index (χ1v) is 10.3. The van der Waals surface area contributed by atoms with E-state index in [2.05, 4.69) is 53.0 Å². The summed E-state index contributed by atoms with van der Waals surface area (Å²) in [5, 5.41) is 11.0. The molecule has 0 unspecified atom stereocenters. The fraction of sp³-hybridized carbons (Fsp3) is 0.154. The molecular formula is C26H26N4O. The van der Waals surface area contributed by atoms with Gasteiger partial charge >= 0.3 is 0 Å². The minimum Gasteiger partial charge on any atom is -0.381 e. The molecule has 0 atom stereocenters. The Hall–Kier alpha value is -3.86. The summed E-state index contributed by atoms with van der Waals surface area (Å²) in [5.74, 6) is -0.111. The minimum absolute atomic E-state index is 0.111. The van der Waals surface area contributed by atoms with Crippen molar-refractivity contribution < 1.29 is 4.79 Å². The van der Waals surface area contributed by atoms with Crippen LogP contribution in [-0.2, 0) is 6.54 Å². The summed E-state index contributed by atoms with van der Waals surface area (Å²) in [4.78, 5) is 12.5. The Morgan fingerprint density at radius 1 is 0.871 bits per heavy atom. The molecule has 1 amide bonds. The van der Waals surface area contributed by atoms with E-state index in [-0.39, 0.29) is 5.91 Å². The highest BCUT2D eigenvalue weighted by Gasteiger charge is 2.10. The van der Waals surface area contributed by atoms with Gasteiger partial charge in [-0.15, -0.1) is 0 Å². The van der Waals surface area contributed by atoms with E-state index in [1.54, 1.807) is 0 Å². The largest absolute Gasteiger partial charge is 0.381 e. The van der Waals surface area contributed by atoms with E-state index in [1.165, 1.54) is 5.56 Å². The maximum absolute atomic E-state index is 12.5. The van der Waals surface area contributed by atoms with Crippen LogP contribution in [0.15, 0.2) is 78.9 Å². The third-order valence-electron chi connectivity index (χ3n) is 5.29. The lowest BCUT2D eigenvalue weighted by Gasteiger charge is -2.15. The van der Waals surface area contributed by atoms with Crippen molar-refractivity contribution in [3.05, 3.63) is 107 Å². The topological polar surface area (TPSA) is 59.0 Å². The number of aryl methyl sites for hydroxylation is 2. The van der Waals surface area contributed by atoms with Gasteiger partial charge in [-0.25, -0.2) is 4.68 Å². The molecule has 0 saturated heterocycles. The molecule has 0 fully saturated rings. The molecule has 5 nitrogen and oxygen atoms in total. The van der Waals surface area contributed by atoms with Crippen molar-refractivity contribution in [2.75, 3.05) is 10.6 Å². The Morgan fingerprint density at radius 2 is 1.58 bits per heavy atom. The fourth-order valence-corrected chi connectivity index (χ4v) is 3.59. The van der Waals surface area contributed by atoms with E-state index < -0.39 is 0 Å². The normalized spacial score (nSPS) is 10.7. The molecule has 1 aromatic heterocycles. The zero-order valence-corrected chi connectivity index (χ0v) is 18.0. The number of nitrogens with one attached hydrogen (secondary N) is 2. The smallest absolute Gasteiger partial charge is 0.255 e. The van der Waals surface area contributed by atoms with Crippen molar-refractivity contribution in [2.24, 2.45) is 0 Å². The van der Waals surface area contributed by atoms with Crippen molar-refractivity contribution in [2.45, 2.75) is 27.3 Å². The molecule has 5 heteroatoms. The summed E-state index contributed by atoms with van der Waals surface area (Å²) in [6, 6.07) is 25.6. The molecule has 4 aromatic rings. The molecule has 0 radical (unpaired) electrons. The van der Waals surface area contributed by atoms with Gasteiger partial charge in [-0.1, -0.05) is 36.4 Å². The lowest BCUT2D eigenvalue weighted by molar-refractivity contribution is 0.102. The molecule has 31 heavy (non-hydrogen) atoms. The van der Waals surface area contributed by atoms with Crippen LogP contribution in [0.5, 0.6) is 0 Å². The van der Waals surface area contributed by atoms with Gasteiger partial charge in [0.25, 0.3) is 5.91 Å². The van der Waals surface area contributed by atoms with Gasteiger partial charge in [0.2, 0.25) is 0 Å². The predicted octanol–water partition coefficient (Wildman–Crippen LogP) is 5.66. The van der Waals surface area contributed by atoms with Crippen molar-refractivity contribution >= 4 is 17.3 Å². The fourth-order valence-electron chi connectivity index (χ4n) is 3.59. The second-order valence-corrected chi connectivity index (χ2v) is 7.66. The van der Waals surface area contributed by atoms with E-state index in [9.17, 15) is 4.79 Å². The van der Waals surface area contributed by atoms with E-state index >= 15 is 0 Å². The third kappa shape index (κ3) is 4.67. The van der Waals surface area contributed by atoms with Gasteiger partial charge in [-0.2, -0.15) is 5.10 Å². The Bertz CT molecular complexity index is 1190. The number of benzene rings is 3. The van der Waals surface area contributed by atoms with Gasteiger partial charge < -0.3 is 10.6 Å². The maximum atomic E-state index is 12.5. The number of carbonyl (C=O) groups is 1. The second kappa shape index (κ2) is 8.88. The molecule has 156 valence electrons. The van der Waals surface area contributed by atoms with E-state index in [0.717, 1.165) is 34.0 Å². The summed E-state index contributed by atoms with van der Waals surface area (Å²) < 4.78 is 1.95. The minimum atomic E-state index is -0.111. The van der Waals surface area contributed by atoms with Crippen LogP contribution in [-0.4, -0.2) is 15.7 Å². The van der Waals surface area contributed by atoms with Crippen molar-refractivity contribution in [1.82, 2.24) is 9.78 Å². The third-order valence-corrected chi connectivity index (χ3v) is 5.29. The number of carbonyl (C=O) groups excluding carboxylic acids is 1. The first-order chi connectivity index (χ1) is 15.0. The molecule has 0 spiro atoms. The SMILES string of the molecule is Cc1cc(C)n(-c2ccc(CNc3cccc(NC(=O)c4ccccc4)c3C)cc2)n1. The van der Waals surface area contributed by atoms with Crippen LogP contribution in [0.1, 0.15) is 32.9 Å². The lowest BCUT2D eigenvalue weighted by Crippen LogP contribution is -2.13. The van der Waals surface area contributed by atoms with Gasteiger partial charge in [0.15, 0.2) is 0 Å². The van der Waals surface area contributed by atoms with Crippen LogP contribution in [0.4, 0.5) is 11.4 Å². The highest BCUT2D eigenvalue weighted by atomic mass is 16.1. The number of hydrogen-bond acceptors (Lipinski definition) is 3. The molecule has 0 aliphatic carbocycles. The molecule has 0 bridgehead atoms. The monoisotopic (exact) mass is 410 g/mol. The first kappa shape index (κ1) is 20.4. The summed E-state index contributed by atoms with van der Waals surface area (Å²) in [5.41, 5.74) is 7.80. The highest BCUT2D eigenvalue weighted by Crippen LogP contribution is 2.24.